The first-order valence-corrected chi connectivity index (χ1v) is 7.91. The third-order valence-electron chi connectivity index (χ3n) is 3.36. The molecule has 1 aromatic heterocycles. The van der Waals surface area contributed by atoms with Gasteiger partial charge in [0.2, 0.25) is 10.0 Å². The monoisotopic (exact) mass is 284 g/mol. The van der Waals surface area contributed by atoms with Gasteiger partial charge in [0.05, 0.1) is 0 Å². The molecule has 0 aliphatic carbocycles. The van der Waals surface area contributed by atoms with Gasteiger partial charge in [0.25, 0.3) is 0 Å². The topological polar surface area (TPSA) is 88.3 Å². The summed E-state index contributed by atoms with van der Waals surface area (Å²) in [7, 11) is -1.63. The van der Waals surface area contributed by atoms with Crippen molar-refractivity contribution in [3.63, 3.8) is 0 Å². The maximum absolute atomic E-state index is 11.4. The molecule has 2 rings (SSSR count). The molecule has 0 aromatic carbocycles. The summed E-state index contributed by atoms with van der Waals surface area (Å²) < 4.78 is 22.9. The number of nitrogens with zero attached hydrogens (tertiary/aromatic N) is 2. The number of nitrogens with two attached hydrogens (primary N) is 1. The van der Waals surface area contributed by atoms with Gasteiger partial charge in [-0.05, 0) is 44.5 Å². The Kier molecular flexibility index (Phi) is 4.38. The maximum atomic E-state index is 11.4. The Morgan fingerprint density at radius 2 is 2.37 bits per heavy atom. The zero-order valence-electron chi connectivity index (χ0n) is 11.0. The number of hydrogen-bond donors (Lipinski definition) is 2. The molecule has 1 unspecified atom stereocenters. The van der Waals surface area contributed by atoms with Crippen molar-refractivity contribution in [2.45, 2.75) is 17.7 Å². The second-order valence-electron chi connectivity index (χ2n) is 5.05. The van der Waals surface area contributed by atoms with Crippen molar-refractivity contribution in [3.8, 4) is 0 Å². The van der Waals surface area contributed by atoms with E-state index in [1.54, 1.807) is 12.3 Å². The molecule has 0 radical (unpaired) electrons. The summed E-state index contributed by atoms with van der Waals surface area (Å²) in [5.74, 6) is 0.854. The third kappa shape index (κ3) is 3.89. The van der Waals surface area contributed by atoms with Gasteiger partial charge in [-0.1, -0.05) is 0 Å². The number of nitrogens with one attached hydrogen (secondary N) is 1. The molecule has 0 amide bonds. The number of aromatic nitrogens is 1. The molecule has 1 aliphatic rings. The van der Waals surface area contributed by atoms with Gasteiger partial charge in [0, 0.05) is 19.3 Å². The van der Waals surface area contributed by atoms with Crippen LogP contribution in [-0.4, -0.2) is 45.0 Å². The van der Waals surface area contributed by atoms with Crippen LogP contribution in [0.3, 0.4) is 0 Å². The van der Waals surface area contributed by atoms with Crippen molar-refractivity contribution in [2.75, 3.05) is 32.0 Å². The molecule has 19 heavy (non-hydrogen) atoms. The number of pyridine rings is 1. The van der Waals surface area contributed by atoms with E-state index in [2.05, 4.69) is 22.2 Å². The molecule has 1 saturated heterocycles. The molecule has 1 aliphatic heterocycles. The molecule has 2 heterocycles. The Labute approximate surface area is 114 Å². The predicted molar refractivity (Wildman–Crippen MR) is 74.3 cm³/mol. The Bertz CT molecular complexity index is 532. The Morgan fingerprint density at radius 3 is 3.05 bits per heavy atom. The van der Waals surface area contributed by atoms with Crippen molar-refractivity contribution >= 4 is 15.8 Å². The highest BCUT2D eigenvalue weighted by atomic mass is 32.2. The fourth-order valence-corrected chi connectivity index (χ4v) is 3.10. The van der Waals surface area contributed by atoms with E-state index < -0.39 is 10.0 Å². The lowest BCUT2D eigenvalue weighted by molar-refractivity contribution is 0.217. The van der Waals surface area contributed by atoms with Crippen LogP contribution in [0.5, 0.6) is 0 Å². The molecule has 0 spiro atoms. The lowest BCUT2D eigenvalue weighted by Crippen LogP contribution is -2.35. The van der Waals surface area contributed by atoms with E-state index in [1.165, 1.54) is 12.5 Å². The summed E-state index contributed by atoms with van der Waals surface area (Å²) in [5.41, 5.74) is 0. The number of piperidine rings is 1. The number of likely N-dealkylation sites (tertiary alicyclic amines) is 1. The molecule has 6 nitrogen and oxygen atoms in total. The van der Waals surface area contributed by atoms with Crippen LogP contribution in [0.25, 0.3) is 0 Å². The van der Waals surface area contributed by atoms with Crippen LogP contribution in [0.15, 0.2) is 23.2 Å². The van der Waals surface area contributed by atoms with E-state index in [0.29, 0.717) is 18.3 Å². The average Bonchev–Trinajstić information content (AvgIpc) is 2.36. The zero-order valence-corrected chi connectivity index (χ0v) is 11.9. The first kappa shape index (κ1) is 14.2. The summed E-state index contributed by atoms with van der Waals surface area (Å²) >= 11 is 0. The van der Waals surface area contributed by atoms with Crippen LogP contribution in [-0.2, 0) is 10.0 Å². The minimum Gasteiger partial charge on any atom is -0.369 e. The Hall–Kier alpha value is -1.18. The molecule has 1 fully saturated rings. The molecule has 1 aromatic rings. The molecule has 7 heteroatoms. The van der Waals surface area contributed by atoms with Gasteiger partial charge >= 0.3 is 0 Å². The number of rotatable bonds is 4. The SMILES string of the molecule is CN1CCCC(CNc2ncccc2S(N)(=O)=O)C1. The van der Waals surface area contributed by atoms with E-state index >= 15 is 0 Å². The maximum Gasteiger partial charge on any atom is 0.241 e. The van der Waals surface area contributed by atoms with Crippen LogP contribution in [0.1, 0.15) is 12.8 Å². The van der Waals surface area contributed by atoms with Gasteiger partial charge in [0.1, 0.15) is 10.7 Å². The Balaban J connectivity index is 2.04. The van der Waals surface area contributed by atoms with E-state index in [0.717, 1.165) is 19.5 Å². The molecule has 1 atom stereocenters. The minimum absolute atomic E-state index is 0.0548. The smallest absolute Gasteiger partial charge is 0.241 e. The highest BCUT2D eigenvalue weighted by Crippen LogP contribution is 2.19. The van der Waals surface area contributed by atoms with Gasteiger partial charge < -0.3 is 10.2 Å². The lowest BCUT2D eigenvalue weighted by atomic mass is 9.98. The number of hydrogen-bond acceptors (Lipinski definition) is 5. The lowest BCUT2D eigenvalue weighted by Gasteiger charge is -2.29. The Morgan fingerprint density at radius 1 is 1.58 bits per heavy atom. The first-order chi connectivity index (χ1) is 8.97. The van der Waals surface area contributed by atoms with Crippen molar-refractivity contribution in [1.29, 1.82) is 0 Å². The summed E-state index contributed by atoms with van der Waals surface area (Å²) in [6, 6.07) is 3.04. The van der Waals surface area contributed by atoms with Crippen molar-refractivity contribution < 1.29 is 8.42 Å². The van der Waals surface area contributed by atoms with Gasteiger partial charge in [-0.2, -0.15) is 0 Å². The van der Waals surface area contributed by atoms with E-state index in [-0.39, 0.29) is 4.90 Å². The third-order valence-corrected chi connectivity index (χ3v) is 4.30. The van der Waals surface area contributed by atoms with Gasteiger partial charge in [-0.15, -0.1) is 0 Å². The molecule has 0 bridgehead atoms. The molecule has 0 saturated carbocycles. The van der Waals surface area contributed by atoms with Crippen LogP contribution in [0, 0.1) is 5.92 Å². The standard InChI is InChI=1S/C12H20N4O2S/c1-16-7-3-4-10(9-16)8-15-12-11(19(13,17)18)5-2-6-14-12/h2,5-6,10H,3-4,7-9H2,1H3,(H,14,15)(H2,13,17,18). The van der Waals surface area contributed by atoms with Gasteiger partial charge in [-0.25, -0.2) is 18.5 Å². The zero-order chi connectivity index (χ0) is 13.9. The number of primary sulfonamides is 1. The molecular weight excluding hydrogens is 264 g/mol. The minimum atomic E-state index is -3.73. The van der Waals surface area contributed by atoms with E-state index in [9.17, 15) is 8.42 Å². The molecule has 106 valence electrons. The van der Waals surface area contributed by atoms with Crippen molar-refractivity contribution in [3.05, 3.63) is 18.3 Å². The summed E-state index contributed by atoms with van der Waals surface area (Å²) in [5, 5.41) is 8.29. The first-order valence-electron chi connectivity index (χ1n) is 6.37. The quantitative estimate of drug-likeness (QED) is 0.839. The predicted octanol–water partition coefficient (Wildman–Crippen LogP) is 0.483. The van der Waals surface area contributed by atoms with Crippen LogP contribution >= 0.6 is 0 Å². The summed E-state index contributed by atoms with van der Waals surface area (Å²) in [4.78, 5) is 6.41. The highest BCUT2D eigenvalue weighted by Gasteiger charge is 2.19. The molecular formula is C12H20N4O2S. The van der Waals surface area contributed by atoms with E-state index in [4.69, 9.17) is 5.14 Å². The van der Waals surface area contributed by atoms with Crippen LogP contribution in [0.4, 0.5) is 5.82 Å². The largest absolute Gasteiger partial charge is 0.369 e. The fourth-order valence-electron chi connectivity index (χ4n) is 2.43. The summed E-state index contributed by atoms with van der Waals surface area (Å²) in [6.07, 6.45) is 3.88. The second kappa shape index (κ2) is 5.85. The average molecular weight is 284 g/mol. The number of anilines is 1. The highest BCUT2D eigenvalue weighted by molar-refractivity contribution is 7.89. The summed E-state index contributed by atoms with van der Waals surface area (Å²) in [6.45, 7) is 2.86. The van der Waals surface area contributed by atoms with Crippen LogP contribution < -0.4 is 10.5 Å². The van der Waals surface area contributed by atoms with Gasteiger partial charge in [0.15, 0.2) is 0 Å². The van der Waals surface area contributed by atoms with E-state index in [1.807, 2.05) is 0 Å². The van der Waals surface area contributed by atoms with Crippen molar-refractivity contribution in [2.24, 2.45) is 11.1 Å². The fraction of sp³-hybridized carbons (Fsp3) is 0.583. The molecule has 3 N–H and O–H groups in total. The normalized spacial score (nSPS) is 21.3. The second-order valence-corrected chi connectivity index (χ2v) is 6.58. The van der Waals surface area contributed by atoms with Crippen molar-refractivity contribution in [1.82, 2.24) is 9.88 Å². The number of sulfonamides is 1. The van der Waals surface area contributed by atoms with Gasteiger partial charge in [-0.3, -0.25) is 0 Å². The van der Waals surface area contributed by atoms with Crippen LogP contribution in [0.2, 0.25) is 0 Å².